The molecule has 1 aliphatic heterocycles. The minimum atomic E-state index is 0.760. The first-order valence-corrected chi connectivity index (χ1v) is 7.31. The van der Waals surface area contributed by atoms with Crippen molar-refractivity contribution in [2.75, 3.05) is 26.7 Å². The number of aryl methyl sites for hydroxylation is 1. The topological polar surface area (TPSA) is 15.3 Å². The van der Waals surface area contributed by atoms with Gasteiger partial charge in [0.2, 0.25) is 0 Å². The van der Waals surface area contributed by atoms with Gasteiger partial charge in [-0.05, 0) is 51.4 Å². The first-order chi connectivity index (χ1) is 8.86. The third kappa shape index (κ3) is 4.43. The van der Waals surface area contributed by atoms with Crippen molar-refractivity contribution in [1.82, 2.24) is 10.2 Å². The number of nitrogens with one attached hydrogen (secondary N) is 1. The van der Waals surface area contributed by atoms with Crippen molar-refractivity contribution in [2.45, 2.75) is 38.1 Å². The zero-order valence-corrected chi connectivity index (χ0v) is 11.6. The molecule has 1 aromatic carbocycles. The molecule has 2 heteroatoms. The Morgan fingerprint density at radius 2 is 2.06 bits per heavy atom. The van der Waals surface area contributed by atoms with Crippen LogP contribution in [0.25, 0.3) is 0 Å². The van der Waals surface area contributed by atoms with Gasteiger partial charge in [0, 0.05) is 12.6 Å². The summed E-state index contributed by atoms with van der Waals surface area (Å²) in [5.41, 5.74) is 1.45. The Morgan fingerprint density at radius 3 is 2.83 bits per heavy atom. The number of benzene rings is 1. The second-order valence-corrected chi connectivity index (χ2v) is 5.42. The van der Waals surface area contributed by atoms with Crippen molar-refractivity contribution in [2.24, 2.45) is 0 Å². The van der Waals surface area contributed by atoms with Crippen LogP contribution in [0.2, 0.25) is 0 Å². The highest BCUT2D eigenvalue weighted by Gasteiger charge is 2.17. The monoisotopic (exact) mass is 246 g/mol. The van der Waals surface area contributed by atoms with E-state index in [1.54, 1.807) is 0 Å². The predicted molar refractivity (Wildman–Crippen MR) is 77.9 cm³/mol. The largest absolute Gasteiger partial charge is 0.315 e. The lowest BCUT2D eigenvalue weighted by Gasteiger charge is -2.32. The second kappa shape index (κ2) is 7.55. The van der Waals surface area contributed by atoms with Gasteiger partial charge in [0.15, 0.2) is 0 Å². The number of rotatable bonds is 6. The third-order valence-electron chi connectivity index (χ3n) is 3.96. The quantitative estimate of drug-likeness (QED) is 0.776. The van der Waals surface area contributed by atoms with Gasteiger partial charge in [-0.2, -0.15) is 0 Å². The second-order valence-electron chi connectivity index (χ2n) is 5.42. The van der Waals surface area contributed by atoms with Crippen LogP contribution in [-0.4, -0.2) is 37.6 Å². The fourth-order valence-electron chi connectivity index (χ4n) is 2.73. The highest BCUT2D eigenvalue weighted by atomic mass is 15.2. The minimum absolute atomic E-state index is 0.760. The zero-order chi connectivity index (χ0) is 12.6. The summed E-state index contributed by atoms with van der Waals surface area (Å²) in [5.74, 6) is 0. The molecular weight excluding hydrogens is 220 g/mol. The predicted octanol–water partition coefficient (Wildman–Crippen LogP) is 2.69. The van der Waals surface area contributed by atoms with Gasteiger partial charge >= 0.3 is 0 Å². The van der Waals surface area contributed by atoms with E-state index >= 15 is 0 Å². The standard InChI is InChI=1S/C16H26N2/c1-18-13-6-5-11-16(18)14-17-12-7-10-15-8-3-2-4-9-15/h2-4,8-9,16-17H,5-7,10-14H2,1H3. The van der Waals surface area contributed by atoms with Crippen LogP contribution in [0.15, 0.2) is 30.3 Å². The molecule has 1 N–H and O–H groups in total. The molecule has 2 nitrogen and oxygen atoms in total. The molecule has 0 spiro atoms. The molecule has 1 atom stereocenters. The van der Waals surface area contributed by atoms with E-state index in [9.17, 15) is 0 Å². The van der Waals surface area contributed by atoms with Crippen LogP contribution in [-0.2, 0) is 6.42 Å². The van der Waals surface area contributed by atoms with Gasteiger partial charge in [0.1, 0.15) is 0 Å². The molecule has 0 amide bonds. The number of piperidine rings is 1. The minimum Gasteiger partial charge on any atom is -0.315 e. The lowest BCUT2D eigenvalue weighted by Crippen LogP contribution is -2.43. The molecule has 1 heterocycles. The highest BCUT2D eigenvalue weighted by Crippen LogP contribution is 2.13. The molecule has 2 rings (SSSR count). The number of hydrogen-bond acceptors (Lipinski definition) is 2. The summed E-state index contributed by atoms with van der Waals surface area (Å²) in [7, 11) is 2.26. The fourth-order valence-corrected chi connectivity index (χ4v) is 2.73. The molecule has 18 heavy (non-hydrogen) atoms. The molecule has 1 aliphatic rings. The van der Waals surface area contributed by atoms with E-state index in [4.69, 9.17) is 0 Å². The summed E-state index contributed by atoms with van der Waals surface area (Å²) in [4.78, 5) is 2.51. The Hall–Kier alpha value is -0.860. The lowest BCUT2D eigenvalue weighted by atomic mass is 10.0. The van der Waals surface area contributed by atoms with Gasteiger partial charge in [0.05, 0.1) is 0 Å². The Morgan fingerprint density at radius 1 is 1.22 bits per heavy atom. The molecule has 0 saturated carbocycles. The summed E-state index contributed by atoms with van der Waals surface area (Å²) >= 11 is 0. The maximum absolute atomic E-state index is 3.61. The molecule has 0 radical (unpaired) electrons. The fraction of sp³-hybridized carbons (Fsp3) is 0.625. The first-order valence-electron chi connectivity index (χ1n) is 7.31. The molecule has 0 aromatic heterocycles. The molecule has 1 fully saturated rings. The van der Waals surface area contributed by atoms with Crippen LogP contribution in [0.5, 0.6) is 0 Å². The van der Waals surface area contributed by atoms with Crippen LogP contribution in [0.3, 0.4) is 0 Å². The summed E-state index contributed by atoms with van der Waals surface area (Å²) in [6, 6.07) is 11.5. The zero-order valence-electron chi connectivity index (χ0n) is 11.6. The molecular formula is C16H26N2. The van der Waals surface area contributed by atoms with Crippen LogP contribution in [0.1, 0.15) is 31.2 Å². The van der Waals surface area contributed by atoms with E-state index in [0.717, 1.165) is 19.1 Å². The SMILES string of the molecule is CN1CCCCC1CNCCCc1ccccc1. The van der Waals surface area contributed by atoms with Gasteiger partial charge in [-0.1, -0.05) is 36.8 Å². The Kier molecular flexibility index (Phi) is 5.69. The smallest absolute Gasteiger partial charge is 0.0217 e. The maximum Gasteiger partial charge on any atom is 0.0217 e. The maximum atomic E-state index is 3.61. The molecule has 0 aliphatic carbocycles. The van der Waals surface area contributed by atoms with Crippen LogP contribution in [0.4, 0.5) is 0 Å². The van der Waals surface area contributed by atoms with Crippen LogP contribution >= 0.6 is 0 Å². The van der Waals surface area contributed by atoms with Crippen molar-refractivity contribution < 1.29 is 0 Å². The highest BCUT2D eigenvalue weighted by molar-refractivity contribution is 5.14. The molecule has 1 aromatic rings. The summed E-state index contributed by atoms with van der Waals surface area (Å²) in [6.07, 6.45) is 6.57. The van der Waals surface area contributed by atoms with Crippen molar-refractivity contribution >= 4 is 0 Å². The normalized spacial score (nSPS) is 21.1. The number of likely N-dealkylation sites (N-methyl/N-ethyl adjacent to an activating group) is 1. The van der Waals surface area contributed by atoms with Gasteiger partial charge in [-0.25, -0.2) is 0 Å². The van der Waals surface area contributed by atoms with E-state index in [1.807, 2.05) is 0 Å². The Bertz CT molecular complexity index is 323. The van der Waals surface area contributed by atoms with Gasteiger partial charge < -0.3 is 10.2 Å². The van der Waals surface area contributed by atoms with E-state index in [1.165, 1.54) is 44.2 Å². The summed E-state index contributed by atoms with van der Waals surface area (Å²) in [5, 5.41) is 3.61. The molecule has 1 unspecified atom stereocenters. The van der Waals surface area contributed by atoms with Crippen LogP contribution < -0.4 is 5.32 Å². The van der Waals surface area contributed by atoms with E-state index in [-0.39, 0.29) is 0 Å². The Labute approximate surface area is 111 Å². The lowest BCUT2D eigenvalue weighted by molar-refractivity contribution is 0.182. The van der Waals surface area contributed by atoms with Gasteiger partial charge in [-0.3, -0.25) is 0 Å². The Balaban J connectivity index is 1.56. The number of nitrogens with zero attached hydrogens (tertiary/aromatic N) is 1. The van der Waals surface area contributed by atoms with Crippen molar-refractivity contribution in [3.63, 3.8) is 0 Å². The average Bonchev–Trinajstić information content (AvgIpc) is 2.42. The first kappa shape index (κ1) is 13.6. The number of hydrogen-bond donors (Lipinski definition) is 1. The average molecular weight is 246 g/mol. The van der Waals surface area contributed by atoms with Crippen molar-refractivity contribution in [3.8, 4) is 0 Å². The molecule has 100 valence electrons. The third-order valence-corrected chi connectivity index (χ3v) is 3.96. The van der Waals surface area contributed by atoms with Crippen molar-refractivity contribution in [3.05, 3.63) is 35.9 Å². The van der Waals surface area contributed by atoms with Gasteiger partial charge in [-0.15, -0.1) is 0 Å². The molecule has 1 saturated heterocycles. The summed E-state index contributed by atoms with van der Waals surface area (Å²) < 4.78 is 0. The number of likely N-dealkylation sites (tertiary alicyclic amines) is 1. The van der Waals surface area contributed by atoms with E-state index < -0.39 is 0 Å². The van der Waals surface area contributed by atoms with Crippen molar-refractivity contribution in [1.29, 1.82) is 0 Å². The summed E-state index contributed by atoms with van der Waals surface area (Å²) in [6.45, 7) is 3.57. The van der Waals surface area contributed by atoms with Crippen LogP contribution in [0, 0.1) is 0 Å². The van der Waals surface area contributed by atoms with Gasteiger partial charge in [0.25, 0.3) is 0 Å². The molecule has 0 bridgehead atoms. The van der Waals surface area contributed by atoms with E-state index in [0.29, 0.717) is 0 Å². The van der Waals surface area contributed by atoms with E-state index in [2.05, 4.69) is 47.6 Å².